The van der Waals surface area contributed by atoms with Gasteiger partial charge in [-0.15, -0.1) is 0 Å². The van der Waals surface area contributed by atoms with E-state index in [1.807, 2.05) is 49.4 Å². The molecule has 8 heteroatoms. The molecule has 0 unspecified atom stereocenters. The Balaban J connectivity index is 1.67. The molecule has 2 aromatic heterocycles. The van der Waals surface area contributed by atoms with Crippen LogP contribution in [0.3, 0.4) is 0 Å². The number of phenols is 1. The fraction of sp³-hybridized carbons (Fsp3) is 0.0400. The Labute approximate surface area is 189 Å². The molecule has 0 atom stereocenters. The summed E-state index contributed by atoms with van der Waals surface area (Å²) in [5, 5.41) is 17.1. The van der Waals surface area contributed by atoms with E-state index < -0.39 is 5.91 Å². The number of rotatable bonds is 4. The van der Waals surface area contributed by atoms with Crippen LogP contribution < -0.4 is 11.1 Å². The van der Waals surface area contributed by atoms with E-state index in [1.165, 1.54) is 10.9 Å². The van der Waals surface area contributed by atoms with Gasteiger partial charge in [0.2, 0.25) is 0 Å². The number of anilines is 2. The molecular formula is C25H20N6O2. The van der Waals surface area contributed by atoms with Crippen LogP contribution in [-0.4, -0.2) is 31.9 Å². The number of aryl methyl sites for hydroxylation is 1. The van der Waals surface area contributed by atoms with Crippen LogP contribution in [0, 0.1) is 6.92 Å². The van der Waals surface area contributed by atoms with E-state index >= 15 is 0 Å². The third-order valence-electron chi connectivity index (χ3n) is 5.17. The second kappa shape index (κ2) is 8.08. The summed E-state index contributed by atoms with van der Waals surface area (Å²) >= 11 is 0. The van der Waals surface area contributed by atoms with E-state index in [-0.39, 0.29) is 17.1 Å². The van der Waals surface area contributed by atoms with Crippen LogP contribution in [0.2, 0.25) is 0 Å². The average molecular weight is 436 g/mol. The van der Waals surface area contributed by atoms with Crippen LogP contribution in [0.15, 0.2) is 77.9 Å². The maximum atomic E-state index is 13.3. The molecule has 0 aliphatic rings. The lowest BCUT2D eigenvalue weighted by atomic mass is 10.2. The lowest BCUT2D eigenvalue weighted by molar-refractivity contribution is 0.102. The van der Waals surface area contributed by atoms with Gasteiger partial charge in [0.25, 0.3) is 5.91 Å². The predicted molar refractivity (Wildman–Crippen MR) is 130 cm³/mol. The molecule has 0 aliphatic carbocycles. The molecule has 4 N–H and O–H groups in total. The topological polar surface area (TPSA) is 118 Å². The normalized spacial score (nSPS) is 11.4. The van der Waals surface area contributed by atoms with E-state index in [2.05, 4.69) is 20.4 Å². The molecule has 162 valence electrons. The van der Waals surface area contributed by atoms with E-state index in [0.717, 1.165) is 5.56 Å². The smallest absolute Gasteiger partial charge is 0.261 e. The summed E-state index contributed by atoms with van der Waals surface area (Å²) < 4.78 is 1.39. The van der Waals surface area contributed by atoms with Crippen molar-refractivity contribution in [1.82, 2.24) is 14.6 Å². The van der Waals surface area contributed by atoms with Gasteiger partial charge in [0.1, 0.15) is 22.6 Å². The predicted octanol–water partition coefficient (Wildman–Crippen LogP) is 4.32. The van der Waals surface area contributed by atoms with Crippen molar-refractivity contribution in [3.63, 3.8) is 0 Å². The number of amides is 1. The Morgan fingerprint density at radius 3 is 2.55 bits per heavy atom. The first-order valence-electron chi connectivity index (χ1n) is 10.3. The number of nitrogens with two attached hydrogens (primary N) is 1. The van der Waals surface area contributed by atoms with E-state index in [9.17, 15) is 9.90 Å². The largest absolute Gasteiger partial charge is 0.508 e. The molecule has 1 amide bonds. The number of hydrogen-bond donors (Lipinski definition) is 3. The zero-order chi connectivity index (χ0) is 22.9. The van der Waals surface area contributed by atoms with Crippen LogP contribution >= 0.6 is 0 Å². The number of nitrogens with zero attached hydrogens (tertiary/aromatic N) is 4. The molecule has 5 aromatic rings. The number of para-hydroxylation sites is 2. The monoisotopic (exact) mass is 436 g/mol. The van der Waals surface area contributed by atoms with Gasteiger partial charge in [-0.3, -0.25) is 4.79 Å². The maximum Gasteiger partial charge on any atom is 0.261 e. The van der Waals surface area contributed by atoms with Crippen LogP contribution in [0.1, 0.15) is 21.5 Å². The summed E-state index contributed by atoms with van der Waals surface area (Å²) in [6.07, 6.45) is 1.54. The maximum absolute atomic E-state index is 13.3. The minimum Gasteiger partial charge on any atom is -0.508 e. The highest BCUT2D eigenvalue weighted by Gasteiger charge is 2.24. The Morgan fingerprint density at radius 2 is 1.79 bits per heavy atom. The number of benzene rings is 3. The fourth-order valence-electron chi connectivity index (χ4n) is 3.63. The standard InChI is InChI=1S/C25H20N6O2/c1-15-6-4-8-17(12-15)28-25(33)21-22-24(30-20-11-3-2-10-19(20)29-22)31(23(21)26)27-14-16-7-5-9-18(32)13-16/h2-14,32H,26H2,1H3,(H,28,33). The molecule has 8 nitrogen and oxygen atoms in total. The summed E-state index contributed by atoms with van der Waals surface area (Å²) in [6, 6.07) is 21.5. The van der Waals surface area contributed by atoms with Crippen molar-refractivity contribution in [3.8, 4) is 5.75 Å². The van der Waals surface area contributed by atoms with Gasteiger partial charge in [0.05, 0.1) is 17.2 Å². The Hall–Kier alpha value is -4.72. The second-order valence-corrected chi connectivity index (χ2v) is 7.62. The molecule has 0 saturated carbocycles. The van der Waals surface area contributed by atoms with E-state index in [4.69, 9.17) is 5.73 Å². The Bertz CT molecular complexity index is 1550. The van der Waals surface area contributed by atoms with Gasteiger partial charge in [-0.1, -0.05) is 36.4 Å². The number of nitrogens with one attached hydrogen (secondary N) is 1. The molecule has 33 heavy (non-hydrogen) atoms. The van der Waals surface area contributed by atoms with Crippen molar-refractivity contribution >= 4 is 45.8 Å². The number of phenolic OH excluding ortho intramolecular Hbond substituents is 1. The van der Waals surface area contributed by atoms with Crippen molar-refractivity contribution in [3.05, 3.63) is 89.5 Å². The first kappa shape index (κ1) is 20.2. The molecule has 0 bridgehead atoms. The third-order valence-corrected chi connectivity index (χ3v) is 5.17. The zero-order valence-electron chi connectivity index (χ0n) is 17.7. The Morgan fingerprint density at radius 1 is 1.03 bits per heavy atom. The minimum atomic E-state index is -0.404. The molecule has 2 heterocycles. The van der Waals surface area contributed by atoms with Gasteiger partial charge in [0, 0.05) is 5.69 Å². The van der Waals surface area contributed by atoms with E-state index in [0.29, 0.717) is 33.4 Å². The number of carbonyl (C=O) groups is 1. The van der Waals surface area contributed by atoms with Gasteiger partial charge >= 0.3 is 0 Å². The molecule has 0 saturated heterocycles. The number of hydrogen-bond acceptors (Lipinski definition) is 6. The lowest BCUT2D eigenvalue weighted by Crippen LogP contribution is -2.14. The highest BCUT2D eigenvalue weighted by atomic mass is 16.3. The fourth-order valence-corrected chi connectivity index (χ4v) is 3.63. The van der Waals surface area contributed by atoms with Gasteiger partial charge in [-0.25, -0.2) is 9.97 Å². The van der Waals surface area contributed by atoms with Crippen LogP contribution in [0.25, 0.3) is 22.2 Å². The third kappa shape index (κ3) is 3.85. The number of aromatic nitrogens is 3. The van der Waals surface area contributed by atoms with E-state index in [1.54, 1.807) is 30.3 Å². The number of fused-ring (bicyclic) bond motifs is 2. The number of aromatic hydroxyl groups is 1. The summed E-state index contributed by atoms with van der Waals surface area (Å²) in [6.45, 7) is 1.95. The minimum absolute atomic E-state index is 0.113. The first-order valence-corrected chi connectivity index (χ1v) is 10.3. The first-order chi connectivity index (χ1) is 16.0. The van der Waals surface area contributed by atoms with Gasteiger partial charge < -0.3 is 16.2 Å². The summed E-state index contributed by atoms with van der Waals surface area (Å²) in [5.74, 6) is -0.172. The molecule has 5 rings (SSSR count). The van der Waals surface area contributed by atoms with Gasteiger partial charge in [-0.2, -0.15) is 9.78 Å². The molecule has 0 fully saturated rings. The van der Waals surface area contributed by atoms with Gasteiger partial charge in [0.15, 0.2) is 5.65 Å². The second-order valence-electron chi connectivity index (χ2n) is 7.62. The van der Waals surface area contributed by atoms with Crippen molar-refractivity contribution in [2.45, 2.75) is 6.92 Å². The highest BCUT2D eigenvalue weighted by Crippen LogP contribution is 2.29. The molecule has 0 aliphatic heterocycles. The van der Waals surface area contributed by atoms with Crippen LogP contribution in [0.5, 0.6) is 5.75 Å². The van der Waals surface area contributed by atoms with Gasteiger partial charge in [-0.05, 0) is 54.4 Å². The summed E-state index contributed by atoms with van der Waals surface area (Å²) in [7, 11) is 0. The molecule has 0 radical (unpaired) electrons. The van der Waals surface area contributed by atoms with Crippen molar-refractivity contribution in [1.29, 1.82) is 0 Å². The molecule has 0 spiro atoms. The van der Waals surface area contributed by atoms with Crippen molar-refractivity contribution < 1.29 is 9.90 Å². The van der Waals surface area contributed by atoms with Crippen LogP contribution in [-0.2, 0) is 0 Å². The Kier molecular flexibility index (Phi) is 4.95. The van der Waals surface area contributed by atoms with Crippen molar-refractivity contribution in [2.24, 2.45) is 5.10 Å². The number of carbonyl (C=O) groups excluding carboxylic acids is 1. The molecule has 3 aromatic carbocycles. The summed E-state index contributed by atoms with van der Waals surface area (Å²) in [5.41, 5.74) is 10.9. The molecular weight excluding hydrogens is 416 g/mol. The average Bonchev–Trinajstić information content (AvgIpc) is 3.06. The number of nitrogen functional groups attached to an aromatic ring is 1. The highest BCUT2D eigenvalue weighted by molar-refractivity contribution is 6.16. The quantitative estimate of drug-likeness (QED) is 0.363. The van der Waals surface area contributed by atoms with Crippen LogP contribution in [0.4, 0.5) is 11.5 Å². The lowest BCUT2D eigenvalue weighted by Gasteiger charge is -2.06. The summed E-state index contributed by atoms with van der Waals surface area (Å²) in [4.78, 5) is 22.6. The SMILES string of the molecule is Cc1cccc(NC(=O)c2c(N)n(N=Cc3cccc(O)c3)c3nc4ccccc4nc23)c1. The zero-order valence-corrected chi connectivity index (χ0v) is 17.7. The van der Waals surface area contributed by atoms with Crippen molar-refractivity contribution in [2.75, 3.05) is 11.1 Å².